The molecule has 0 aliphatic heterocycles. The summed E-state index contributed by atoms with van der Waals surface area (Å²) in [5.41, 5.74) is 3.17. The summed E-state index contributed by atoms with van der Waals surface area (Å²) in [6.07, 6.45) is 2.13. The standard InChI is InChI=1S/C29H26N4O4S2/c1-19-11-12-20(2)27(15-19)39(34,35)37-25-14-13-21(16-26(25)36-3)18-30-33-28(31-32-29(33)38)17-23-9-6-8-22-7-4-5-10-24(22)23/h4-16,18H,17H2,1-3H3,(H,32,38)/b30-18-. The Morgan fingerprint density at radius 1 is 1.00 bits per heavy atom. The summed E-state index contributed by atoms with van der Waals surface area (Å²) in [5.74, 6) is 0.978. The Labute approximate surface area is 231 Å². The van der Waals surface area contributed by atoms with E-state index in [4.69, 9.17) is 21.1 Å². The van der Waals surface area contributed by atoms with Gasteiger partial charge >= 0.3 is 10.1 Å². The van der Waals surface area contributed by atoms with Gasteiger partial charge in [-0.3, -0.25) is 5.10 Å². The van der Waals surface area contributed by atoms with Crippen LogP contribution in [-0.4, -0.2) is 36.6 Å². The number of nitrogens with zero attached hydrogens (tertiary/aromatic N) is 3. The van der Waals surface area contributed by atoms with Crippen LogP contribution in [0.25, 0.3) is 10.8 Å². The van der Waals surface area contributed by atoms with Crippen LogP contribution in [0.1, 0.15) is 28.1 Å². The topological polar surface area (TPSA) is 98.6 Å². The van der Waals surface area contributed by atoms with Gasteiger partial charge in [0.15, 0.2) is 17.3 Å². The second-order valence-corrected chi connectivity index (χ2v) is 10.9. The zero-order valence-corrected chi connectivity index (χ0v) is 23.2. The monoisotopic (exact) mass is 558 g/mol. The highest BCUT2D eigenvalue weighted by Gasteiger charge is 2.21. The summed E-state index contributed by atoms with van der Waals surface area (Å²) in [6, 6.07) is 24.4. The first-order valence-electron chi connectivity index (χ1n) is 12.1. The van der Waals surface area contributed by atoms with Gasteiger partial charge in [-0.1, -0.05) is 54.6 Å². The van der Waals surface area contributed by atoms with Crippen LogP contribution >= 0.6 is 12.2 Å². The van der Waals surface area contributed by atoms with Crippen molar-refractivity contribution in [3.63, 3.8) is 0 Å². The first-order valence-corrected chi connectivity index (χ1v) is 13.9. The molecule has 0 unspecified atom stereocenters. The average molecular weight is 559 g/mol. The average Bonchev–Trinajstić information content (AvgIpc) is 3.28. The van der Waals surface area contributed by atoms with Gasteiger partial charge in [-0.15, -0.1) is 0 Å². The van der Waals surface area contributed by atoms with E-state index in [2.05, 4.69) is 39.6 Å². The summed E-state index contributed by atoms with van der Waals surface area (Å²) >= 11 is 5.42. The molecule has 0 radical (unpaired) electrons. The number of methoxy groups -OCH3 is 1. The molecule has 1 N–H and O–H groups in total. The third-order valence-electron chi connectivity index (χ3n) is 6.27. The lowest BCUT2D eigenvalue weighted by Gasteiger charge is -2.13. The molecule has 0 bridgehead atoms. The summed E-state index contributed by atoms with van der Waals surface area (Å²) in [6.45, 7) is 3.55. The number of aromatic amines is 1. The number of benzene rings is 4. The van der Waals surface area contributed by atoms with Crippen LogP contribution in [0, 0.1) is 18.6 Å². The van der Waals surface area contributed by atoms with Gasteiger partial charge in [-0.2, -0.15) is 23.3 Å². The molecule has 39 heavy (non-hydrogen) atoms. The van der Waals surface area contributed by atoms with Gasteiger partial charge < -0.3 is 8.92 Å². The fourth-order valence-corrected chi connectivity index (χ4v) is 5.73. The van der Waals surface area contributed by atoms with E-state index in [0.29, 0.717) is 28.1 Å². The molecular formula is C29H26N4O4S2. The van der Waals surface area contributed by atoms with Crippen molar-refractivity contribution in [1.29, 1.82) is 0 Å². The molecule has 1 heterocycles. The van der Waals surface area contributed by atoms with Crippen LogP contribution in [0.3, 0.4) is 0 Å². The summed E-state index contributed by atoms with van der Waals surface area (Å²) in [4.78, 5) is 0.114. The fourth-order valence-electron chi connectivity index (χ4n) is 4.27. The van der Waals surface area contributed by atoms with Crippen molar-refractivity contribution in [3.05, 3.63) is 112 Å². The van der Waals surface area contributed by atoms with E-state index in [1.54, 1.807) is 42.1 Å². The molecular weight excluding hydrogens is 532 g/mol. The number of aromatic nitrogens is 3. The van der Waals surface area contributed by atoms with E-state index in [1.807, 2.05) is 31.2 Å². The second kappa shape index (κ2) is 10.8. The maximum atomic E-state index is 13.0. The van der Waals surface area contributed by atoms with Crippen LogP contribution in [0.2, 0.25) is 0 Å². The van der Waals surface area contributed by atoms with Crippen LogP contribution in [-0.2, 0) is 16.5 Å². The van der Waals surface area contributed by atoms with Crippen LogP contribution in [0.15, 0.2) is 88.9 Å². The number of ether oxygens (including phenoxy) is 1. The number of H-pyrrole nitrogens is 1. The van der Waals surface area contributed by atoms with E-state index in [9.17, 15) is 8.42 Å². The minimum atomic E-state index is -4.06. The first kappa shape index (κ1) is 26.3. The summed E-state index contributed by atoms with van der Waals surface area (Å²) < 4.78 is 38.8. The molecule has 10 heteroatoms. The zero-order valence-electron chi connectivity index (χ0n) is 21.6. The van der Waals surface area contributed by atoms with Gasteiger partial charge in [0.2, 0.25) is 4.77 Å². The van der Waals surface area contributed by atoms with E-state index in [-0.39, 0.29) is 16.4 Å². The summed E-state index contributed by atoms with van der Waals surface area (Å²) in [7, 11) is -2.61. The van der Waals surface area contributed by atoms with E-state index in [1.165, 1.54) is 13.2 Å². The lowest BCUT2D eigenvalue weighted by atomic mass is 10.0. The Morgan fingerprint density at radius 2 is 1.79 bits per heavy atom. The molecule has 0 spiro atoms. The highest BCUT2D eigenvalue weighted by molar-refractivity contribution is 7.87. The maximum absolute atomic E-state index is 13.0. The minimum Gasteiger partial charge on any atom is -0.493 e. The summed E-state index contributed by atoms with van der Waals surface area (Å²) in [5, 5.41) is 14.0. The smallest absolute Gasteiger partial charge is 0.339 e. The minimum absolute atomic E-state index is 0.0760. The highest BCUT2D eigenvalue weighted by Crippen LogP contribution is 2.31. The van der Waals surface area contributed by atoms with Gasteiger partial charge in [-0.25, -0.2) is 0 Å². The van der Waals surface area contributed by atoms with E-state index in [0.717, 1.165) is 21.9 Å². The molecule has 198 valence electrons. The fraction of sp³-hybridized carbons (Fsp3) is 0.138. The zero-order chi connectivity index (χ0) is 27.6. The van der Waals surface area contributed by atoms with E-state index < -0.39 is 10.1 Å². The third kappa shape index (κ3) is 5.62. The van der Waals surface area contributed by atoms with Gasteiger partial charge in [-0.05, 0) is 83.4 Å². The predicted molar refractivity (Wildman–Crippen MR) is 154 cm³/mol. The molecule has 1 aromatic heterocycles. The largest absolute Gasteiger partial charge is 0.493 e. The first-order chi connectivity index (χ1) is 18.7. The molecule has 0 saturated heterocycles. The Morgan fingerprint density at radius 3 is 2.62 bits per heavy atom. The number of fused-ring (bicyclic) bond motifs is 1. The lowest BCUT2D eigenvalue weighted by Crippen LogP contribution is -2.12. The third-order valence-corrected chi connectivity index (χ3v) is 7.91. The predicted octanol–water partition coefficient (Wildman–Crippen LogP) is 5.96. The van der Waals surface area contributed by atoms with Crippen LogP contribution in [0.4, 0.5) is 0 Å². The molecule has 0 aliphatic rings. The quantitative estimate of drug-likeness (QED) is 0.143. The highest BCUT2D eigenvalue weighted by atomic mass is 32.2. The molecule has 5 rings (SSSR count). The van der Waals surface area contributed by atoms with Crippen molar-refractivity contribution in [3.8, 4) is 11.5 Å². The normalized spacial score (nSPS) is 11.8. The van der Waals surface area contributed by atoms with Crippen molar-refractivity contribution in [2.45, 2.75) is 25.2 Å². The lowest BCUT2D eigenvalue weighted by molar-refractivity contribution is 0.390. The molecule has 0 fully saturated rings. The van der Waals surface area contributed by atoms with Crippen molar-refractivity contribution in [1.82, 2.24) is 14.9 Å². The molecule has 0 atom stereocenters. The SMILES string of the molecule is COc1cc(/C=N\n2c(Cc3cccc4ccccc34)n[nH]c2=S)ccc1OS(=O)(=O)c1cc(C)ccc1C. The molecule has 0 aliphatic carbocycles. The number of hydrogen-bond donors (Lipinski definition) is 1. The Bertz CT molecular complexity index is 1870. The molecule has 0 saturated carbocycles. The van der Waals surface area contributed by atoms with E-state index >= 15 is 0 Å². The number of hydrogen-bond acceptors (Lipinski definition) is 7. The van der Waals surface area contributed by atoms with Crippen LogP contribution < -0.4 is 8.92 Å². The van der Waals surface area contributed by atoms with Crippen LogP contribution in [0.5, 0.6) is 11.5 Å². The van der Waals surface area contributed by atoms with Crippen molar-refractivity contribution < 1.29 is 17.3 Å². The molecule has 8 nitrogen and oxygen atoms in total. The maximum Gasteiger partial charge on any atom is 0.339 e. The number of nitrogens with one attached hydrogen (secondary N) is 1. The van der Waals surface area contributed by atoms with Crippen molar-refractivity contribution in [2.24, 2.45) is 5.10 Å². The Kier molecular flexibility index (Phi) is 7.32. The number of aryl methyl sites for hydroxylation is 2. The van der Waals surface area contributed by atoms with Gasteiger partial charge in [0.25, 0.3) is 0 Å². The molecule has 4 aromatic carbocycles. The van der Waals surface area contributed by atoms with Gasteiger partial charge in [0.1, 0.15) is 4.90 Å². The molecule has 0 amide bonds. The Balaban J connectivity index is 1.41. The van der Waals surface area contributed by atoms with Crippen molar-refractivity contribution >= 4 is 39.3 Å². The van der Waals surface area contributed by atoms with Gasteiger partial charge in [0.05, 0.1) is 13.3 Å². The second-order valence-electron chi connectivity index (χ2n) is 9.03. The van der Waals surface area contributed by atoms with Gasteiger partial charge in [0, 0.05) is 6.42 Å². The Hall–Kier alpha value is -4.28. The number of rotatable bonds is 8. The molecule has 5 aromatic rings. The van der Waals surface area contributed by atoms with Crippen molar-refractivity contribution in [2.75, 3.05) is 7.11 Å².